The van der Waals surface area contributed by atoms with Gasteiger partial charge in [0.15, 0.2) is 5.82 Å². The van der Waals surface area contributed by atoms with Crippen LogP contribution in [0.4, 0.5) is 5.82 Å². The first-order valence-corrected chi connectivity index (χ1v) is 22.9. The number of halogens is 1. The third kappa shape index (κ3) is 14.5. The fourth-order valence-corrected chi connectivity index (χ4v) is 8.41. The van der Waals surface area contributed by atoms with Crippen molar-refractivity contribution < 1.29 is 42.9 Å². The number of hydrogen-bond acceptors (Lipinski definition) is 13. The number of ether oxygens (including phenoxy) is 3. The standard InChI is InChI=1S/C42H62ClN6O9P/c1-3-4-5-6-7-8-9-10-11-12-13-14-15-16-17-18-23-54-27-34(55-26-32-19-20-35(43)33(24-32)25-44)28-56-59(52,53)58-31(2)39-38(50)40(51)42(29-45,57-39)37-22-21-36-41(46)47-30-48-49(36)37/h19-22,24,30-31,34,38-40,50-51H,3-18,23,26-28H2,1-2H3,(H,52,53)(H2,46,47,48). The lowest BCUT2D eigenvalue weighted by Gasteiger charge is -2.26. The van der Waals surface area contributed by atoms with Crippen LogP contribution in [0.1, 0.15) is 133 Å². The van der Waals surface area contributed by atoms with Crippen LogP contribution in [0.15, 0.2) is 36.7 Å². The molecule has 0 radical (unpaired) electrons. The lowest BCUT2D eigenvalue weighted by Crippen LogP contribution is -2.41. The number of anilines is 1. The van der Waals surface area contributed by atoms with Gasteiger partial charge in [0.2, 0.25) is 5.60 Å². The van der Waals surface area contributed by atoms with Gasteiger partial charge in [-0.3, -0.25) is 9.05 Å². The molecule has 1 saturated heterocycles. The molecule has 0 spiro atoms. The number of hydrogen-bond donors (Lipinski definition) is 4. The molecular formula is C42H62ClN6O9P. The highest BCUT2D eigenvalue weighted by atomic mass is 35.5. The van der Waals surface area contributed by atoms with Crippen LogP contribution in [0.3, 0.4) is 0 Å². The lowest BCUT2D eigenvalue weighted by molar-refractivity contribution is -0.0903. The van der Waals surface area contributed by atoms with E-state index >= 15 is 0 Å². The summed E-state index contributed by atoms with van der Waals surface area (Å²) in [6.45, 7) is 3.75. The molecule has 1 aliphatic rings. The van der Waals surface area contributed by atoms with Crippen molar-refractivity contribution in [2.75, 3.05) is 25.6 Å². The van der Waals surface area contributed by atoms with Gasteiger partial charge in [-0.2, -0.15) is 15.6 Å². The van der Waals surface area contributed by atoms with Crippen LogP contribution in [0.5, 0.6) is 0 Å². The first-order valence-electron chi connectivity index (χ1n) is 21.0. The van der Waals surface area contributed by atoms with Gasteiger partial charge in [-0.05, 0) is 43.2 Å². The molecule has 2 aromatic heterocycles. The molecule has 7 atom stereocenters. The number of nitrogen functional groups attached to an aromatic ring is 1. The van der Waals surface area contributed by atoms with Crippen LogP contribution in [-0.4, -0.2) is 80.0 Å². The number of nitrogens with zero attached hydrogens (tertiary/aromatic N) is 5. The quantitative estimate of drug-likeness (QED) is 0.0382. The molecule has 0 bridgehead atoms. The Bertz CT molecular complexity index is 1860. The summed E-state index contributed by atoms with van der Waals surface area (Å²) < 4.78 is 43.1. The number of phosphoric ester groups is 1. The number of unbranched alkanes of at least 4 members (excludes halogenated alkanes) is 15. The van der Waals surface area contributed by atoms with Gasteiger partial charge < -0.3 is 35.1 Å². The van der Waals surface area contributed by atoms with Crippen molar-refractivity contribution in [3.63, 3.8) is 0 Å². The second kappa shape index (κ2) is 24.9. The average molecular weight is 861 g/mol. The summed E-state index contributed by atoms with van der Waals surface area (Å²) in [5.41, 5.74) is 5.15. The third-order valence-corrected chi connectivity index (χ3v) is 12.1. The number of fused-ring (bicyclic) bond motifs is 1. The van der Waals surface area contributed by atoms with Crippen molar-refractivity contribution >= 4 is 30.8 Å². The molecule has 3 heterocycles. The fraction of sp³-hybridized carbons (Fsp3) is 0.667. The highest BCUT2D eigenvalue weighted by molar-refractivity contribution is 7.47. The average Bonchev–Trinajstić information content (AvgIpc) is 3.78. The Balaban J connectivity index is 1.23. The molecule has 326 valence electrons. The van der Waals surface area contributed by atoms with E-state index in [9.17, 15) is 30.2 Å². The highest BCUT2D eigenvalue weighted by Gasteiger charge is 2.59. The number of aliphatic hydroxyl groups is 2. The van der Waals surface area contributed by atoms with Crippen molar-refractivity contribution in [3.8, 4) is 12.1 Å². The van der Waals surface area contributed by atoms with Crippen LogP contribution >= 0.6 is 19.4 Å². The smallest absolute Gasteiger partial charge is 0.387 e. The minimum absolute atomic E-state index is 0.0382. The molecule has 1 aromatic carbocycles. The second-order valence-electron chi connectivity index (χ2n) is 15.3. The minimum Gasteiger partial charge on any atom is -0.387 e. The number of aromatic nitrogens is 3. The largest absolute Gasteiger partial charge is 0.472 e. The molecule has 15 nitrogen and oxygen atoms in total. The Hall–Kier alpha value is -3.18. The van der Waals surface area contributed by atoms with Gasteiger partial charge in [0, 0.05) is 6.61 Å². The molecule has 5 N–H and O–H groups in total. The van der Waals surface area contributed by atoms with E-state index < -0.39 is 50.6 Å². The van der Waals surface area contributed by atoms with E-state index in [1.807, 2.05) is 12.1 Å². The molecular weight excluding hydrogens is 799 g/mol. The fourth-order valence-electron chi connectivity index (χ4n) is 7.29. The molecule has 0 saturated carbocycles. The molecule has 59 heavy (non-hydrogen) atoms. The lowest BCUT2D eigenvalue weighted by atomic mass is 9.92. The van der Waals surface area contributed by atoms with Crippen LogP contribution in [0.25, 0.3) is 5.52 Å². The summed E-state index contributed by atoms with van der Waals surface area (Å²) in [7, 11) is -4.84. The molecule has 1 fully saturated rings. The number of rotatable bonds is 29. The van der Waals surface area contributed by atoms with Gasteiger partial charge in [0.1, 0.15) is 48.4 Å². The zero-order valence-corrected chi connectivity index (χ0v) is 36.1. The van der Waals surface area contributed by atoms with E-state index in [-0.39, 0.29) is 30.3 Å². The van der Waals surface area contributed by atoms with E-state index in [0.717, 1.165) is 19.3 Å². The molecule has 17 heteroatoms. The highest BCUT2D eigenvalue weighted by Crippen LogP contribution is 2.48. The van der Waals surface area contributed by atoms with E-state index in [1.165, 1.54) is 113 Å². The molecule has 4 rings (SSSR count). The second-order valence-corrected chi connectivity index (χ2v) is 17.2. The van der Waals surface area contributed by atoms with Gasteiger partial charge in [0.25, 0.3) is 0 Å². The molecule has 7 unspecified atom stereocenters. The number of phosphoric acid groups is 1. The molecule has 0 amide bonds. The summed E-state index contributed by atoms with van der Waals surface area (Å²) in [4.78, 5) is 14.7. The first-order chi connectivity index (χ1) is 28.5. The van der Waals surface area contributed by atoms with Crippen molar-refractivity contribution in [1.82, 2.24) is 14.6 Å². The van der Waals surface area contributed by atoms with Gasteiger partial charge in [-0.1, -0.05) is 121 Å². The predicted octanol–water partition coefficient (Wildman–Crippen LogP) is 8.06. The maximum atomic E-state index is 13.2. The molecule has 0 aliphatic carbocycles. The monoisotopic (exact) mass is 860 g/mol. The van der Waals surface area contributed by atoms with Crippen molar-refractivity contribution in [2.24, 2.45) is 0 Å². The predicted molar refractivity (Wildman–Crippen MR) is 223 cm³/mol. The Morgan fingerprint density at radius 1 is 0.966 bits per heavy atom. The number of nitriles is 2. The zero-order chi connectivity index (χ0) is 42.7. The van der Waals surface area contributed by atoms with Crippen LogP contribution in [-0.2, 0) is 40.0 Å². The van der Waals surface area contributed by atoms with Crippen molar-refractivity contribution in [3.05, 3.63) is 58.5 Å². The molecule has 1 aliphatic heterocycles. The van der Waals surface area contributed by atoms with E-state index in [4.69, 9.17) is 40.6 Å². The van der Waals surface area contributed by atoms with Crippen molar-refractivity contribution in [2.45, 2.75) is 159 Å². The van der Waals surface area contributed by atoms with Gasteiger partial charge in [-0.25, -0.2) is 14.1 Å². The van der Waals surface area contributed by atoms with E-state index in [0.29, 0.717) is 22.7 Å². The maximum absolute atomic E-state index is 13.2. The SMILES string of the molecule is CCCCCCCCCCCCCCCCCCOCC(COP(=O)(O)OC(C)C1OC(C#N)(c2ccc3c(N)ncnn23)C(O)C1O)OCc1ccc(Cl)c(C#N)c1. The van der Waals surface area contributed by atoms with Gasteiger partial charge in [0.05, 0.1) is 42.2 Å². The normalized spacial score (nSPS) is 21.3. The van der Waals surface area contributed by atoms with Gasteiger partial charge in [-0.15, -0.1) is 0 Å². The number of aliphatic hydroxyl groups excluding tert-OH is 2. The number of benzene rings is 1. The first kappa shape index (κ1) is 48.5. The summed E-state index contributed by atoms with van der Waals surface area (Å²) in [6, 6.07) is 11.9. The van der Waals surface area contributed by atoms with Crippen LogP contribution in [0, 0.1) is 22.7 Å². The summed E-state index contributed by atoms with van der Waals surface area (Å²) >= 11 is 6.09. The Labute approximate surface area is 353 Å². The topological polar surface area (TPSA) is 228 Å². The summed E-state index contributed by atoms with van der Waals surface area (Å²) in [5.74, 6) is 0.118. The van der Waals surface area contributed by atoms with Gasteiger partial charge >= 0.3 is 7.82 Å². The summed E-state index contributed by atoms with van der Waals surface area (Å²) in [6.07, 6.45) is 14.3. The third-order valence-electron chi connectivity index (χ3n) is 10.7. The Morgan fingerprint density at radius 3 is 2.20 bits per heavy atom. The van der Waals surface area contributed by atoms with E-state index in [1.54, 1.807) is 18.2 Å². The molecule has 3 aromatic rings. The number of nitrogens with two attached hydrogens (primary N) is 1. The van der Waals surface area contributed by atoms with Crippen LogP contribution in [0.2, 0.25) is 5.02 Å². The Kier molecular flexibility index (Phi) is 20.5. The van der Waals surface area contributed by atoms with Crippen molar-refractivity contribution in [1.29, 1.82) is 10.5 Å². The Morgan fingerprint density at radius 2 is 1.59 bits per heavy atom. The summed E-state index contributed by atoms with van der Waals surface area (Å²) in [5, 5.41) is 46.1. The van der Waals surface area contributed by atoms with Crippen LogP contribution < -0.4 is 5.73 Å². The maximum Gasteiger partial charge on any atom is 0.472 e. The minimum atomic E-state index is -4.84. The van der Waals surface area contributed by atoms with E-state index in [2.05, 4.69) is 17.0 Å². The zero-order valence-electron chi connectivity index (χ0n) is 34.4.